The van der Waals surface area contributed by atoms with Crippen molar-refractivity contribution < 1.29 is 0 Å². The van der Waals surface area contributed by atoms with Crippen LogP contribution in [0.15, 0.2) is 78.3 Å². The molecule has 0 spiro atoms. The minimum absolute atomic E-state index is 0. The maximum atomic E-state index is 4.33. The van der Waals surface area contributed by atoms with E-state index in [2.05, 4.69) is 80.6 Å². The number of rotatable bonds is 7. The number of benzene rings is 2. The van der Waals surface area contributed by atoms with Crippen molar-refractivity contribution in [1.82, 2.24) is 20.2 Å². The van der Waals surface area contributed by atoms with Crippen molar-refractivity contribution in [2.45, 2.75) is 25.9 Å². The van der Waals surface area contributed by atoms with E-state index < -0.39 is 0 Å². The van der Waals surface area contributed by atoms with E-state index in [1.807, 2.05) is 18.6 Å². The number of aromatic nitrogens is 2. The highest BCUT2D eigenvalue weighted by molar-refractivity contribution is 14.0. The average Bonchev–Trinajstić information content (AvgIpc) is 3.22. The van der Waals surface area contributed by atoms with Gasteiger partial charge in [0.1, 0.15) is 0 Å². The van der Waals surface area contributed by atoms with Gasteiger partial charge in [-0.3, -0.25) is 4.99 Å². The summed E-state index contributed by atoms with van der Waals surface area (Å²) in [4.78, 5) is 8.43. The number of hydrogen-bond acceptors (Lipinski definition) is 2. The van der Waals surface area contributed by atoms with Crippen LogP contribution in [0.2, 0.25) is 0 Å². The monoisotopic (exact) mass is 489 g/mol. The molecule has 1 heterocycles. The normalized spacial score (nSPS) is 12.1. The molecule has 3 rings (SSSR count). The molecule has 0 saturated carbocycles. The highest BCUT2D eigenvalue weighted by atomic mass is 127. The standard InChI is InChI=1S/C22H27N5.HI/c1-18(21-9-4-3-5-10-21)14-25-22(23-2)26-15-19-7-6-8-20(13-19)16-27-12-11-24-17-27;/h3-13,17-18H,14-16H2,1-2H3,(H2,23,25,26);1H. The number of halogens is 1. The first-order valence-corrected chi connectivity index (χ1v) is 9.27. The minimum Gasteiger partial charge on any atom is -0.356 e. The Balaban J connectivity index is 0.00000280. The molecule has 6 heteroatoms. The fourth-order valence-corrected chi connectivity index (χ4v) is 2.98. The van der Waals surface area contributed by atoms with Gasteiger partial charge >= 0.3 is 0 Å². The van der Waals surface area contributed by atoms with Crippen molar-refractivity contribution in [3.05, 3.63) is 90.0 Å². The van der Waals surface area contributed by atoms with Gasteiger partial charge in [0.25, 0.3) is 0 Å². The van der Waals surface area contributed by atoms with Crippen LogP contribution in [-0.2, 0) is 13.1 Å². The van der Waals surface area contributed by atoms with Gasteiger partial charge in [-0.15, -0.1) is 24.0 Å². The van der Waals surface area contributed by atoms with Crippen molar-refractivity contribution >= 4 is 29.9 Å². The Morgan fingerprint density at radius 3 is 2.57 bits per heavy atom. The summed E-state index contributed by atoms with van der Waals surface area (Å²) in [6.07, 6.45) is 5.62. The Morgan fingerprint density at radius 1 is 1.07 bits per heavy atom. The first kappa shape index (κ1) is 21.9. The lowest BCUT2D eigenvalue weighted by atomic mass is 10.0. The first-order chi connectivity index (χ1) is 13.2. The van der Waals surface area contributed by atoms with Gasteiger partial charge in [0.05, 0.1) is 6.33 Å². The molecule has 0 fully saturated rings. The van der Waals surface area contributed by atoms with E-state index in [0.29, 0.717) is 5.92 Å². The van der Waals surface area contributed by atoms with Crippen LogP contribution in [-0.4, -0.2) is 29.1 Å². The molecular weight excluding hydrogens is 461 g/mol. The number of aliphatic imine (C=N–C) groups is 1. The largest absolute Gasteiger partial charge is 0.356 e. The second-order valence-corrected chi connectivity index (χ2v) is 6.67. The summed E-state index contributed by atoms with van der Waals surface area (Å²) in [6, 6.07) is 19.1. The van der Waals surface area contributed by atoms with Crippen LogP contribution < -0.4 is 10.6 Å². The Kier molecular flexibility index (Phi) is 9.00. The third-order valence-electron chi connectivity index (χ3n) is 4.54. The van der Waals surface area contributed by atoms with Crippen molar-refractivity contribution in [3.63, 3.8) is 0 Å². The molecule has 0 aliphatic heterocycles. The second-order valence-electron chi connectivity index (χ2n) is 6.67. The number of hydrogen-bond donors (Lipinski definition) is 2. The number of nitrogens with one attached hydrogen (secondary N) is 2. The molecule has 3 aromatic rings. The van der Waals surface area contributed by atoms with E-state index in [-0.39, 0.29) is 24.0 Å². The molecule has 1 unspecified atom stereocenters. The lowest BCUT2D eigenvalue weighted by Crippen LogP contribution is -2.38. The summed E-state index contributed by atoms with van der Waals surface area (Å²) in [5.41, 5.74) is 3.81. The molecule has 0 amide bonds. The van der Waals surface area contributed by atoms with Crippen molar-refractivity contribution in [2.24, 2.45) is 4.99 Å². The van der Waals surface area contributed by atoms with Gasteiger partial charge in [-0.25, -0.2) is 4.98 Å². The predicted octanol–water partition coefficient (Wildman–Crippen LogP) is 4.02. The molecule has 0 aliphatic carbocycles. The minimum atomic E-state index is 0. The highest BCUT2D eigenvalue weighted by Crippen LogP contribution is 2.13. The zero-order valence-electron chi connectivity index (χ0n) is 16.4. The lowest BCUT2D eigenvalue weighted by molar-refractivity contribution is 0.698. The van der Waals surface area contributed by atoms with Gasteiger partial charge in [-0.2, -0.15) is 0 Å². The molecule has 0 saturated heterocycles. The van der Waals surface area contributed by atoms with Crippen LogP contribution in [0.4, 0.5) is 0 Å². The first-order valence-electron chi connectivity index (χ1n) is 9.27. The Labute approximate surface area is 184 Å². The SMILES string of the molecule is CN=C(NCc1cccc(Cn2ccnc2)c1)NCC(C)c1ccccc1.I. The highest BCUT2D eigenvalue weighted by Gasteiger charge is 2.06. The van der Waals surface area contributed by atoms with Crippen LogP contribution in [0.3, 0.4) is 0 Å². The van der Waals surface area contributed by atoms with Crippen LogP contribution >= 0.6 is 24.0 Å². The van der Waals surface area contributed by atoms with Gasteiger partial charge in [0.15, 0.2) is 5.96 Å². The predicted molar refractivity (Wildman–Crippen MR) is 126 cm³/mol. The molecule has 28 heavy (non-hydrogen) atoms. The molecule has 0 bridgehead atoms. The van der Waals surface area contributed by atoms with E-state index in [1.54, 1.807) is 13.2 Å². The Morgan fingerprint density at radius 2 is 1.86 bits per heavy atom. The zero-order chi connectivity index (χ0) is 18.9. The summed E-state index contributed by atoms with van der Waals surface area (Å²) >= 11 is 0. The quantitative estimate of drug-likeness (QED) is 0.300. The summed E-state index contributed by atoms with van der Waals surface area (Å²) < 4.78 is 2.07. The molecule has 148 valence electrons. The van der Waals surface area contributed by atoms with Gasteiger partial charge in [-0.1, -0.05) is 61.5 Å². The van der Waals surface area contributed by atoms with E-state index in [9.17, 15) is 0 Å². The number of nitrogens with zero attached hydrogens (tertiary/aromatic N) is 3. The van der Waals surface area contributed by atoms with E-state index in [0.717, 1.165) is 25.6 Å². The van der Waals surface area contributed by atoms with Crippen molar-refractivity contribution in [3.8, 4) is 0 Å². The van der Waals surface area contributed by atoms with E-state index >= 15 is 0 Å². The topological polar surface area (TPSA) is 54.2 Å². The Hall–Kier alpha value is -2.35. The second kappa shape index (κ2) is 11.5. The third kappa shape index (κ3) is 6.67. The summed E-state index contributed by atoms with van der Waals surface area (Å²) in [5, 5.41) is 6.81. The molecule has 1 aromatic heterocycles. The number of guanidine groups is 1. The maximum Gasteiger partial charge on any atom is 0.191 e. The van der Waals surface area contributed by atoms with Gasteiger partial charge < -0.3 is 15.2 Å². The fraction of sp³-hybridized carbons (Fsp3) is 0.273. The van der Waals surface area contributed by atoms with Crippen LogP contribution in [0, 0.1) is 0 Å². The maximum absolute atomic E-state index is 4.33. The summed E-state index contributed by atoms with van der Waals surface area (Å²) in [7, 11) is 1.80. The van der Waals surface area contributed by atoms with E-state index in [4.69, 9.17) is 0 Å². The lowest BCUT2D eigenvalue weighted by Gasteiger charge is -2.16. The number of imidazole rings is 1. The van der Waals surface area contributed by atoms with Gasteiger partial charge in [-0.05, 0) is 22.6 Å². The molecule has 2 N–H and O–H groups in total. The third-order valence-corrected chi connectivity index (χ3v) is 4.54. The molecule has 5 nitrogen and oxygen atoms in total. The van der Waals surface area contributed by atoms with Crippen LogP contribution in [0.1, 0.15) is 29.5 Å². The average molecular weight is 489 g/mol. The van der Waals surface area contributed by atoms with Crippen LogP contribution in [0.25, 0.3) is 0 Å². The molecule has 1 atom stereocenters. The smallest absolute Gasteiger partial charge is 0.191 e. The van der Waals surface area contributed by atoms with Crippen LogP contribution in [0.5, 0.6) is 0 Å². The summed E-state index contributed by atoms with van der Waals surface area (Å²) in [6.45, 7) is 4.62. The zero-order valence-corrected chi connectivity index (χ0v) is 18.7. The molecular formula is C22H28IN5. The summed E-state index contributed by atoms with van der Waals surface area (Å²) in [5.74, 6) is 1.24. The van der Waals surface area contributed by atoms with E-state index in [1.165, 1.54) is 16.7 Å². The van der Waals surface area contributed by atoms with Crippen molar-refractivity contribution in [2.75, 3.05) is 13.6 Å². The molecule has 0 aliphatic rings. The Bertz CT molecular complexity index is 846. The van der Waals surface area contributed by atoms with Gasteiger partial charge in [0.2, 0.25) is 0 Å². The van der Waals surface area contributed by atoms with Gasteiger partial charge in [0, 0.05) is 39.1 Å². The molecule has 0 radical (unpaired) electrons. The fourth-order valence-electron chi connectivity index (χ4n) is 2.98. The van der Waals surface area contributed by atoms with Crippen molar-refractivity contribution in [1.29, 1.82) is 0 Å². The molecule has 2 aromatic carbocycles.